The number of sulfonamides is 2. The van der Waals surface area contributed by atoms with Crippen LogP contribution in [0.3, 0.4) is 0 Å². The topological polar surface area (TPSA) is 107 Å². The molecule has 0 bridgehead atoms. The molecule has 1 aliphatic rings. The number of anilines is 1. The van der Waals surface area contributed by atoms with Gasteiger partial charge in [0.05, 0.1) is 16.3 Å². The van der Waals surface area contributed by atoms with E-state index in [0.29, 0.717) is 43.0 Å². The summed E-state index contributed by atoms with van der Waals surface area (Å²) < 4.78 is 54.3. The highest BCUT2D eigenvalue weighted by molar-refractivity contribution is 7.89. The predicted molar refractivity (Wildman–Crippen MR) is 132 cm³/mol. The number of carbonyl (C=O) groups is 1. The minimum atomic E-state index is -3.86. The maximum atomic E-state index is 13.1. The molecule has 0 aromatic heterocycles. The molecule has 1 amide bonds. The lowest BCUT2D eigenvalue weighted by molar-refractivity contribution is -0.116. The minimum absolute atomic E-state index is 0.153. The molecule has 34 heavy (non-hydrogen) atoms. The second kappa shape index (κ2) is 10.1. The third-order valence-corrected chi connectivity index (χ3v) is 9.90. The molecule has 1 fully saturated rings. The molecule has 0 unspecified atom stereocenters. The fourth-order valence-electron chi connectivity index (χ4n) is 4.10. The van der Waals surface area contributed by atoms with Gasteiger partial charge in [-0.05, 0) is 63.2 Å². The van der Waals surface area contributed by atoms with Gasteiger partial charge in [0.25, 0.3) is 0 Å². The number of benzene rings is 2. The van der Waals surface area contributed by atoms with Crippen molar-refractivity contribution in [1.82, 2.24) is 13.5 Å². The summed E-state index contributed by atoms with van der Waals surface area (Å²) in [6.45, 7) is 7.19. The SMILES string of the molecule is Cc1cc(C)c(S(=O)(=O)N(C)CC(=O)Nc2ccc(S(=O)(=O)N3CCN(C)CC3)cc2)c(C)c1. The Morgan fingerprint density at radius 3 is 2.00 bits per heavy atom. The van der Waals surface area contributed by atoms with Crippen molar-refractivity contribution in [3.63, 3.8) is 0 Å². The molecule has 9 nitrogen and oxygen atoms in total. The van der Waals surface area contributed by atoms with Gasteiger partial charge in [0.1, 0.15) is 0 Å². The van der Waals surface area contributed by atoms with E-state index in [1.807, 2.05) is 14.0 Å². The molecule has 2 aromatic rings. The molecule has 11 heteroatoms. The molecular weight excluding hydrogens is 476 g/mol. The van der Waals surface area contributed by atoms with Crippen molar-refractivity contribution in [2.24, 2.45) is 0 Å². The molecule has 0 spiro atoms. The number of hydrogen-bond acceptors (Lipinski definition) is 6. The van der Waals surface area contributed by atoms with Gasteiger partial charge in [-0.15, -0.1) is 0 Å². The zero-order valence-electron chi connectivity index (χ0n) is 20.2. The highest BCUT2D eigenvalue weighted by Crippen LogP contribution is 2.25. The highest BCUT2D eigenvalue weighted by Gasteiger charge is 2.28. The quantitative estimate of drug-likeness (QED) is 0.611. The van der Waals surface area contributed by atoms with Crippen molar-refractivity contribution >= 4 is 31.6 Å². The standard InChI is InChI=1S/C23H32N4O5S2/c1-17-14-18(2)23(19(3)15-17)34(31,32)26(5)16-22(28)24-20-6-8-21(9-7-20)33(29,30)27-12-10-25(4)11-13-27/h6-9,14-15H,10-13,16H2,1-5H3,(H,24,28). The van der Waals surface area contributed by atoms with Crippen molar-refractivity contribution in [1.29, 1.82) is 0 Å². The Labute approximate surface area is 202 Å². The van der Waals surface area contributed by atoms with Crippen LogP contribution in [0, 0.1) is 20.8 Å². The van der Waals surface area contributed by atoms with E-state index >= 15 is 0 Å². The summed E-state index contributed by atoms with van der Waals surface area (Å²) in [5.41, 5.74) is 2.60. The van der Waals surface area contributed by atoms with Crippen molar-refractivity contribution in [3.8, 4) is 0 Å². The van der Waals surface area contributed by atoms with Gasteiger partial charge in [-0.25, -0.2) is 16.8 Å². The number of piperazine rings is 1. The number of nitrogens with one attached hydrogen (secondary N) is 1. The summed E-state index contributed by atoms with van der Waals surface area (Å²) in [5, 5.41) is 2.64. The lowest BCUT2D eigenvalue weighted by Crippen LogP contribution is -2.46. The van der Waals surface area contributed by atoms with Crippen LogP contribution in [-0.2, 0) is 24.8 Å². The average Bonchev–Trinajstić information content (AvgIpc) is 2.73. The van der Waals surface area contributed by atoms with Crippen LogP contribution < -0.4 is 5.32 Å². The van der Waals surface area contributed by atoms with Gasteiger partial charge in [-0.1, -0.05) is 17.7 Å². The first-order valence-corrected chi connectivity index (χ1v) is 13.8. The van der Waals surface area contributed by atoms with Crippen LogP contribution in [0.15, 0.2) is 46.2 Å². The lowest BCUT2D eigenvalue weighted by Gasteiger charge is -2.31. The van der Waals surface area contributed by atoms with Crippen molar-refractivity contribution in [3.05, 3.63) is 53.1 Å². The van der Waals surface area contributed by atoms with E-state index in [0.717, 1.165) is 9.87 Å². The van der Waals surface area contributed by atoms with Crippen LogP contribution in [0.5, 0.6) is 0 Å². The Morgan fingerprint density at radius 2 is 1.47 bits per heavy atom. The van der Waals surface area contributed by atoms with Crippen LogP contribution >= 0.6 is 0 Å². The van der Waals surface area contributed by atoms with Crippen LogP contribution in [0.25, 0.3) is 0 Å². The molecule has 0 saturated carbocycles. The third kappa shape index (κ3) is 5.66. The summed E-state index contributed by atoms with van der Waals surface area (Å²) in [5.74, 6) is -0.525. The first-order chi connectivity index (χ1) is 15.8. The first-order valence-electron chi connectivity index (χ1n) is 10.9. The number of likely N-dealkylation sites (N-methyl/N-ethyl adjacent to an activating group) is 2. The number of carbonyl (C=O) groups excluding carboxylic acids is 1. The molecular formula is C23H32N4O5S2. The molecule has 186 valence electrons. The third-order valence-electron chi connectivity index (χ3n) is 5.88. The smallest absolute Gasteiger partial charge is 0.243 e. The summed E-state index contributed by atoms with van der Waals surface area (Å²) in [6, 6.07) is 9.50. The zero-order valence-corrected chi connectivity index (χ0v) is 21.8. The molecule has 1 N–H and O–H groups in total. The molecule has 3 rings (SSSR count). The molecule has 1 aliphatic heterocycles. The maximum Gasteiger partial charge on any atom is 0.243 e. The van der Waals surface area contributed by atoms with E-state index in [1.54, 1.807) is 26.0 Å². The van der Waals surface area contributed by atoms with Gasteiger partial charge in [0, 0.05) is 38.9 Å². The first kappa shape index (κ1) is 26.3. The molecule has 2 aromatic carbocycles. The second-order valence-corrected chi connectivity index (χ2v) is 12.7. The van der Waals surface area contributed by atoms with E-state index in [1.165, 1.54) is 35.6 Å². The Kier molecular flexibility index (Phi) is 7.83. The second-order valence-electron chi connectivity index (χ2n) is 8.77. The van der Waals surface area contributed by atoms with Crippen molar-refractivity contribution in [2.45, 2.75) is 30.6 Å². The number of rotatable bonds is 7. The molecule has 0 aliphatic carbocycles. The van der Waals surface area contributed by atoms with Crippen LogP contribution in [-0.4, -0.2) is 83.1 Å². The minimum Gasteiger partial charge on any atom is -0.325 e. The summed E-state index contributed by atoms with van der Waals surface area (Å²) in [6.07, 6.45) is 0. The number of hydrogen-bond donors (Lipinski definition) is 1. The summed E-state index contributed by atoms with van der Waals surface area (Å²) in [4.78, 5) is 15.0. The Hall–Kier alpha value is -2.31. The number of nitrogens with zero attached hydrogens (tertiary/aromatic N) is 3. The van der Waals surface area contributed by atoms with Gasteiger partial charge in [-0.3, -0.25) is 4.79 Å². The number of aryl methyl sites for hydroxylation is 3. The monoisotopic (exact) mass is 508 g/mol. The fraction of sp³-hybridized carbons (Fsp3) is 0.435. The van der Waals surface area contributed by atoms with Gasteiger partial charge in [0.2, 0.25) is 26.0 Å². The van der Waals surface area contributed by atoms with Crippen molar-refractivity contribution in [2.75, 3.05) is 52.1 Å². The number of amides is 1. The van der Waals surface area contributed by atoms with E-state index in [-0.39, 0.29) is 16.3 Å². The normalized spacial score (nSPS) is 16.1. The van der Waals surface area contributed by atoms with E-state index in [2.05, 4.69) is 10.2 Å². The van der Waals surface area contributed by atoms with Gasteiger partial charge < -0.3 is 10.2 Å². The Bertz CT molecular complexity index is 1240. The Balaban J connectivity index is 1.67. The predicted octanol–water partition coefficient (Wildman–Crippen LogP) is 1.81. The average molecular weight is 509 g/mol. The van der Waals surface area contributed by atoms with E-state index < -0.39 is 26.0 Å². The fourth-order valence-corrected chi connectivity index (χ4v) is 7.06. The van der Waals surface area contributed by atoms with Gasteiger partial charge in [0.15, 0.2) is 0 Å². The largest absolute Gasteiger partial charge is 0.325 e. The van der Waals surface area contributed by atoms with Crippen LogP contribution in [0.1, 0.15) is 16.7 Å². The van der Waals surface area contributed by atoms with Gasteiger partial charge >= 0.3 is 0 Å². The lowest BCUT2D eigenvalue weighted by atomic mass is 10.1. The Morgan fingerprint density at radius 1 is 0.941 bits per heavy atom. The summed E-state index contributed by atoms with van der Waals surface area (Å²) in [7, 11) is -4.16. The van der Waals surface area contributed by atoms with Crippen molar-refractivity contribution < 1.29 is 21.6 Å². The molecule has 0 atom stereocenters. The van der Waals surface area contributed by atoms with E-state index in [4.69, 9.17) is 0 Å². The van der Waals surface area contributed by atoms with Crippen LogP contribution in [0.4, 0.5) is 5.69 Å². The zero-order chi connectivity index (χ0) is 25.3. The molecule has 0 radical (unpaired) electrons. The molecule has 1 saturated heterocycles. The molecule has 1 heterocycles. The maximum absolute atomic E-state index is 13.1. The van der Waals surface area contributed by atoms with E-state index in [9.17, 15) is 21.6 Å². The van der Waals surface area contributed by atoms with Gasteiger partial charge in [-0.2, -0.15) is 8.61 Å². The highest BCUT2D eigenvalue weighted by atomic mass is 32.2. The summed E-state index contributed by atoms with van der Waals surface area (Å²) >= 11 is 0. The van der Waals surface area contributed by atoms with Crippen LogP contribution in [0.2, 0.25) is 0 Å².